The van der Waals surface area contributed by atoms with Gasteiger partial charge in [0.2, 0.25) is 0 Å². The van der Waals surface area contributed by atoms with Crippen molar-refractivity contribution in [1.29, 1.82) is 0 Å². The van der Waals surface area contributed by atoms with Crippen molar-refractivity contribution >= 4 is 5.97 Å². The molecule has 6 nitrogen and oxygen atoms in total. The molecule has 1 aliphatic carbocycles. The number of halogens is 1. The second-order valence-corrected chi connectivity index (χ2v) is 6.39. The number of rotatable bonds is 4. The van der Waals surface area contributed by atoms with Gasteiger partial charge in [-0.2, -0.15) is 5.10 Å². The van der Waals surface area contributed by atoms with E-state index in [9.17, 15) is 9.18 Å². The topological polar surface area (TPSA) is 70.2 Å². The molecule has 3 aromatic rings. The van der Waals surface area contributed by atoms with Gasteiger partial charge in [0.1, 0.15) is 18.2 Å². The molecule has 0 saturated heterocycles. The van der Waals surface area contributed by atoms with Crippen LogP contribution in [0.15, 0.2) is 28.8 Å². The van der Waals surface area contributed by atoms with Gasteiger partial charge >= 0.3 is 5.97 Å². The zero-order valence-electron chi connectivity index (χ0n) is 14.6. The average molecular weight is 355 g/mol. The van der Waals surface area contributed by atoms with Gasteiger partial charge in [-0.05, 0) is 57.4 Å². The van der Waals surface area contributed by atoms with Crippen LogP contribution in [0.25, 0.3) is 5.69 Å². The molecular formula is C19H18FN3O3. The fourth-order valence-electron chi connectivity index (χ4n) is 3.31. The Morgan fingerprint density at radius 3 is 2.73 bits per heavy atom. The Morgan fingerprint density at radius 1 is 1.27 bits per heavy atom. The van der Waals surface area contributed by atoms with Crippen LogP contribution in [0.5, 0.6) is 0 Å². The number of aryl methyl sites for hydroxylation is 2. The van der Waals surface area contributed by atoms with E-state index >= 15 is 0 Å². The van der Waals surface area contributed by atoms with Crippen molar-refractivity contribution in [3.05, 3.63) is 64.1 Å². The largest absolute Gasteiger partial charge is 0.456 e. The van der Waals surface area contributed by atoms with E-state index < -0.39 is 5.97 Å². The summed E-state index contributed by atoms with van der Waals surface area (Å²) in [6.45, 7) is 3.68. The lowest BCUT2D eigenvalue weighted by Gasteiger charge is -2.05. The molecule has 2 heterocycles. The van der Waals surface area contributed by atoms with Crippen molar-refractivity contribution in [2.75, 3.05) is 0 Å². The minimum Gasteiger partial charge on any atom is -0.456 e. The van der Waals surface area contributed by atoms with E-state index in [0.717, 1.165) is 41.8 Å². The molecular weight excluding hydrogens is 337 g/mol. The van der Waals surface area contributed by atoms with E-state index in [0.29, 0.717) is 17.1 Å². The molecule has 0 aliphatic heterocycles. The predicted molar refractivity (Wildman–Crippen MR) is 90.6 cm³/mol. The van der Waals surface area contributed by atoms with Crippen LogP contribution >= 0.6 is 0 Å². The van der Waals surface area contributed by atoms with E-state index in [1.807, 2.05) is 0 Å². The predicted octanol–water partition coefficient (Wildman–Crippen LogP) is 3.46. The Bertz CT molecular complexity index is 953. The van der Waals surface area contributed by atoms with E-state index in [1.165, 1.54) is 12.1 Å². The van der Waals surface area contributed by atoms with Crippen LogP contribution in [-0.2, 0) is 24.2 Å². The Morgan fingerprint density at radius 2 is 2.04 bits per heavy atom. The standard InChI is InChI=1S/C19H18FN3O3/c1-11-16(12(2)26-22-11)10-25-19(24)18-15-4-3-5-17(15)23(21-18)14-8-6-13(20)7-9-14/h6-9H,3-5,10H2,1-2H3. The lowest BCUT2D eigenvalue weighted by Crippen LogP contribution is -2.10. The molecule has 1 aromatic carbocycles. The van der Waals surface area contributed by atoms with Crippen molar-refractivity contribution in [2.24, 2.45) is 0 Å². The second kappa shape index (κ2) is 6.40. The fourth-order valence-corrected chi connectivity index (χ4v) is 3.31. The third-order valence-corrected chi connectivity index (χ3v) is 4.72. The van der Waals surface area contributed by atoms with Crippen LogP contribution in [0, 0.1) is 19.7 Å². The van der Waals surface area contributed by atoms with Gasteiger partial charge < -0.3 is 9.26 Å². The van der Waals surface area contributed by atoms with Crippen molar-refractivity contribution < 1.29 is 18.4 Å². The lowest BCUT2D eigenvalue weighted by atomic mass is 10.2. The number of hydrogen-bond donors (Lipinski definition) is 0. The molecule has 0 amide bonds. The molecule has 4 rings (SSSR count). The number of benzene rings is 1. The summed E-state index contributed by atoms with van der Waals surface area (Å²) >= 11 is 0. The van der Waals surface area contributed by atoms with E-state index in [-0.39, 0.29) is 12.4 Å². The average Bonchev–Trinajstić information content (AvgIpc) is 3.30. The maximum absolute atomic E-state index is 13.2. The van der Waals surface area contributed by atoms with Crippen molar-refractivity contribution in [1.82, 2.24) is 14.9 Å². The minimum atomic E-state index is -0.469. The number of hydrogen-bond acceptors (Lipinski definition) is 5. The molecule has 26 heavy (non-hydrogen) atoms. The number of aromatic nitrogens is 3. The smallest absolute Gasteiger partial charge is 0.359 e. The molecule has 0 radical (unpaired) electrons. The van der Waals surface area contributed by atoms with Crippen molar-refractivity contribution in [3.63, 3.8) is 0 Å². The van der Waals surface area contributed by atoms with Crippen LogP contribution in [0.1, 0.15) is 45.2 Å². The fraction of sp³-hybridized carbons (Fsp3) is 0.316. The molecule has 7 heteroatoms. The third-order valence-electron chi connectivity index (χ3n) is 4.72. The van der Waals surface area contributed by atoms with Crippen LogP contribution in [0.3, 0.4) is 0 Å². The van der Waals surface area contributed by atoms with Gasteiger partial charge in [0.25, 0.3) is 0 Å². The molecule has 0 fully saturated rings. The minimum absolute atomic E-state index is 0.0954. The molecule has 0 atom stereocenters. The number of fused-ring (bicyclic) bond motifs is 1. The normalized spacial score (nSPS) is 13.0. The van der Waals surface area contributed by atoms with Crippen LogP contribution in [0.4, 0.5) is 4.39 Å². The number of ether oxygens (including phenoxy) is 1. The number of nitrogens with zero attached hydrogens (tertiary/aromatic N) is 3. The summed E-state index contributed by atoms with van der Waals surface area (Å²) in [5, 5.41) is 8.32. The van der Waals surface area contributed by atoms with Gasteiger partial charge in [-0.1, -0.05) is 5.16 Å². The highest BCUT2D eigenvalue weighted by atomic mass is 19.1. The lowest BCUT2D eigenvalue weighted by molar-refractivity contribution is 0.0462. The summed E-state index contributed by atoms with van der Waals surface area (Å²) in [6, 6.07) is 6.07. The quantitative estimate of drug-likeness (QED) is 0.670. The van der Waals surface area contributed by atoms with E-state index in [4.69, 9.17) is 9.26 Å². The van der Waals surface area contributed by atoms with Gasteiger partial charge in [-0.15, -0.1) is 0 Å². The number of esters is 1. The Balaban J connectivity index is 1.61. The molecule has 0 N–H and O–H groups in total. The maximum atomic E-state index is 13.2. The first-order valence-electron chi connectivity index (χ1n) is 8.50. The second-order valence-electron chi connectivity index (χ2n) is 6.39. The summed E-state index contributed by atoms with van der Waals surface area (Å²) in [6.07, 6.45) is 2.57. The Hall–Kier alpha value is -2.96. The molecule has 2 aromatic heterocycles. The highest BCUT2D eigenvalue weighted by Crippen LogP contribution is 2.28. The SMILES string of the molecule is Cc1noc(C)c1COC(=O)c1nn(-c2ccc(F)cc2)c2c1CCC2. The van der Waals surface area contributed by atoms with Crippen LogP contribution in [-0.4, -0.2) is 20.9 Å². The van der Waals surface area contributed by atoms with Crippen molar-refractivity contribution in [3.8, 4) is 5.69 Å². The maximum Gasteiger partial charge on any atom is 0.359 e. The monoisotopic (exact) mass is 355 g/mol. The van der Waals surface area contributed by atoms with E-state index in [1.54, 1.807) is 30.7 Å². The molecule has 134 valence electrons. The number of carbonyl (C=O) groups excluding carboxylic acids is 1. The van der Waals surface area contributed by atoms with Crippen molar-refractivity contribution in [2.45, 2.75) is 39.7 Å². The van der Waals surface area contributed by atoms with Gasteiger partial charge in [-0.25, -0.2) is 13.9 Å². The van der Waals surface area contributed by atoms with Gasteiger partial charge in [0.15, 0.2) is 5.69 Å². The highest BCUT2D eigenvalue weighted by molar-refractivity contribution is 5.89. The first kappa shape index (κ1) is 16.5. The zero-order chi connectivity index (χ0) is 18.3. The first-order chi connectivity index (χ1) is 12.5. The van der Waals surface area contributed by atoms with Gasteiger partial charge in [0, 0.05) is 11.3 Å². The molecule has 0 saturated carbocycles. The summed E-state index contributed by atoms with van der Waals surface area (Å²) in [5.41, 5.74) is 4.44. The molecule has 0 spiro atoms. The summed E-state index contributed by atoms with van der Waals surface area (Å²) < 4.78 is 25.5. The molecule has 1 aliphatic rings. The van der Waals surface area contributed by atoms with Gasteiger partial charge in [0.05, 0.1) is 16.9 Å². The summed E-state index contributed by atoms with van der Waals surface area (Å²) in [7, 11) is 0. The third kappa shape index (κ3) is 2.79. The first-order valence-corrected chi connectivity index (χ1v) is 8.50. The molecule has 0 unspecified atom stereocenters. The summed E-state index contributed by atoms with van der Waals surface area (Å²) in [5.74, 6) is -0.141. The van der Waals surface area contributed by atoms with E-state index in [2.05, 4.69) is 10.3 Å². The number of carbonyl (C=O) groups is 1. The Kier molecular flexibility index (Phi) is 4.06. The van der Waals surface area contributed by atoms with Gasteiger partial charge in [-0.3, -0.25) is 0 Å². The Labute approximate surface area is 149 Å². The zero-order valence-corrected chi connectivity index (χ0v) is 14.6. The highest BCUT2D eigenvalue weighted by Gasteiger charge is 2.28. The van der Waals surface area contributed by atoms with Crippen LogP contribution in [0.2, 0.25) is 0 Å². The van der Waals surface area contributed by atoms with Crippen LogP contribution < -0.4 is 0 Å². The molecule has 0 bridgehead atoms. The summed E-state index contributed by atoms with van der Waals surface area (Å²) in [4.78, 5) is 12.6.